The van der Waals surface area contributed by atoms with Gasteiger partial charge < -0.3 is 19.7 Å². The van der Waals surface area contributed by atoms with Crippen LogP contribution in [-0.4, -0.2) is 48.1 Å². The Labute approximate surface area is 242 Å². The lowest BCUT2D eigenvalue weighted by Crippen LogP contribution is -2.55. The molecule has 10 nitrogen and oxygen atoms in total. The van der Waals surface area contributed by atoms with Crippen LogP contribution in [0, 0.1) is 12.7 Å². The number of amides is 3. The number of aryl methyl sites for hydroxylation is 1. The quantitative estimate of drug-likeness (QED) is 0.190. The van der Waals surface area contributed by atoms with E-state index in [1.165, 1.54) is 32.9 Å². The number of pyridine rings is 1. The number of benzene rings is 2. The van der Waals surface area contributed by atoms with Crippen LogP contribution in [0.15, 0.2) is 71.7 Å². The number of nitrogens with zero attached hydrogens (tertiary/aromatic N) is 3. The van der Waals surface area contributed by atoms with E-state index in [2.05, 4.69) is 5.32 Å². The second kappa shape index (κ2) is 14.1. The van der Waals surface area contributed by atoms with E-state index in [1.54, 1.807) is 20.0 Å². The van der Waals surface area contributed by atoms with Crippen LogP contribution in [0.3, 0.4) is 0 Å². The van der Waals surface area contributed by atoms with Gasteiger partial charge in [0.1, 0.15) is 24.8 Å². The normalized spacial score (nSPS) is 12.8. The molecule has 1 N–H and O–H groups in total. The maximum Gasteiger partial charge on any atom is 0.277 e. The second-order valence-corrected chi connectivity index (χ2v) is 9.77. The minimum absolute atomic E-state index is 0.0105. The predicted octanol–water partition coefficient (Wildman–Crippen LogP) is 3.43. The summed E-state index contributed by atoms with van der Waals surface area (Å²) in [5.41, 5.74) is 1.46. The van der Waals surface area contributed by atoms with E-state index in [4.69, 9.17) is 9.47 Å². The van der Waals surface area contributed by atoms with Gasteiger partial charge >= 0.3 is 0 Å². The van der Waals surface area contributed by atoms with Crippen LogP contribution in [0.25, 0.3) is 0 Å². The lowest BCUT2D eigenvalue weighted by molar-refractivity contribution is -0.120. The number of ether oxygens (including phenoxy) is 2. The molecule has 1 aromatic heterocycles. The summed E-state index contributed by atoms with van der Waals surface area (Å²) in [4.78, 5) is 51.3. The van der Waals surface area contributed by atoms with Crippen LogP contribution in [-0.2, 0) is 22.7 Å². The molecular weight excluding hydrogens is 543 g/mol. The van der Waals surface area contributed by atoms with Gasteiger partial charge in [-0.05, 0) is 31.4 Å². The first-order valence-corrected chi connectivity index (χ1v) is 13.5. The summed E-state index contributed by atoms with van der Waals surface area (Å²) in [6.07, 6.45) is 6.91. The number of hydrogen-bond donors (Lipinski definition) is 1. The van der Waals surface area contributed by atoms with Crippen molar-refractivity contribution in [2.45, 2.75) is 39.3 Å². The molecule has 0 bridgehead atoms. The molecule has 3 amide bonds. The third-order valence-electron chi connectivity index (χ3n) is 6.63. The maximum absolute atomic E-state index is 13.6. The summed E-state index contributed by atoms with van der Waals surface area (Å²) in [6.45, 7) is 2.26. The van der Waals surface area contributed by atoms with Crippen LogP contribution in [0.4, 0.5) is 4.39 Å². The van der Waals surface area contributed by atoms with Gasteiger partial charge in [-0.1, -0.05) is 48.6 Å². The highest BCUT2D eigenvalue weighted by Crippen LogP contribution is 2.23. The summed E-state index contributed by atoms with van der Waals surface area (Å²) in [7, 11) is 1.57. The van der Waals surface area contributed by atoms with E-state index < -0.39 is 17.2 Å². The van der Waals surface area contributed by atoms with Crippen molar-refractivity contribution in [2.75, 3.05) is 25.3 Å². The van der Waals surface area contributed by atoms with Crippen molar-refractivity contribution in [1.29, 1.82) is 0 Å². The Morgan fingerprint density at radius 2 is 1.83 bits per heavy atom. The van der Waals surface area contributed by atoms with Gasteiger partial charge in [0, 0.05) is 43.4 Å². The monoisotopic (exact) mass is 576 g/mol. The van der Waals surface area contributed by atoms with E-state index in [0.29, 0.717) is 36.1 Å². The Kier molecular flexibility index (Phi) is 10.1. The maximum atomic E-state index is 13.6. The van der Waals surface area contributed by atoms with Gasteiger partial charge in [0.25, 0.3) is 5.91 Å². The molecular formula is C31H33FN4O6. The van der Waals surface area contributed by atoms with Crippen LogP contribution in [0.5, 0.6) is 11.5 Å². The van der Waals surface area contributed by atoms with Gasteiger partial charge in [-0.25, -0.2) is 14.1 Å². The third-order valence-corrected chi connectivity index (χ3v) is 6.63. The Bertz CT molecular complexity index is 1520. The number of allylic oxidation sites excluding steroid dienone is 1. The molecule has 220 valence electrons. The van der Waals surface area contributed by atoms with Crippen LogP contribution in [0.1, 0.15) is 46.4 Å². The Hall–Kier alpha value is -4.93. The molecule has 11 heteroatoms. The molecule has 0 saturated carbocycles. The Balaban J connectivity index is 1.38. The average molecular weight is 577 g/mol. The van der Waals surface area contributed by atoms with Gasteiger partial charge in [-0.3, -0.25) is 19.2 Å². The van der Waals surface area contributed by atoms with Crippen LogP contribution >= 0.6 is 0 Å². The average Bonchev–Trinajstić information content (AvgIpc) is 2.98. The molecule has 0 atom stereocenters. The molecule has 0 spiro atoms. The first kappa shape index (κ1) is 30.0. The summed E-state index contributed by atoms with van der Waals surface area (Å²) in [5.74, 6) is -0.814. The van der Waals surface area contributed by atoms with Gasteiger partial charge in [0.2, 0.25) is 17.7 Å². The van der Waals surface area contributed by atoms with E-state index in [1.807, 2.05) is 42.5 Å². The number of hydrogen-bond acceptors (Lipinski definition) is 6. The summed E-state index contributed by atoms with van der Waals surface area (Å²) in [6, 6.07) is 13.4. The number of rotatable bonds is 13. The third kappa shape index (κ3) is 7.22. The highest BCUT2D eigenvalue weighted by molar-refractivity contribution is 5.99. The summed E-state index contributed by atoms with van der Waals surface area (Å²) < 4.78 is 26.6. The van der Waals surface area contributed by atoms with Gasteiger partial charge in [0.15, 0.2) is 11.4 Å². The van der Waals surface area contributed by atoms with Crippen molar-refractivity contribution in [3.63, 3.8) is 0 Å². The standard InChI is InChI=1S/C31H33FN4O6/c1-22-18-35-28(30(29(22)39)42-19-23-10-6-5-7-11-23)31(40)34(2)21-36(35)27(38)12-8-3-4-9-15-41-26-16-25(32)14-13-24(26)17-33-20-37/h3-7,10-11,13-14,16,18,20H,8-9,12,15,17,19,21H2,1-2H3,(H,33,37)/b4-3-. The summed E-state index contributed by atoms with van der Waals surface area (Å²) in [5, 5.41) is 3.96. The zero-order valence-corrected chi connectivity index (χ0v) is 23.5. The minimum atomic E-state index is -0.435. The van der Waals surface area contributed by atoms with Gasteiger partial charge in [-0.2, -0.15) is 0 Å². The zero-order chi connectivity index (χ0) is 30.1. The molecule has 0 aliphatic carbocycles. The predicted molar refractivity (Wildman–Crippen MR) is 154 cm³/mol. The van der Waals surface area contributed by atoms with E-state index >= 15 is 0 Å². The molecule has 1 aliphatic rings. The fourth-order valence-electron chi connectivity index (χ4n) is 4.43. The van der Waals surface area contributed by atoms with Gasteiger partial charge in [-0.15, -0.1) is 0 Å². The molecule has 42 heavy (non-hydrogen) atoms. The first-order chi connectivity index (χ1) is 20.3. The fourth-order valence-corrected chi connectivity index (χ4v) is 4.43. The molecule has 1 aliphatic heterocycles. The number of halogens is 1. The summed E-state index contributed by atoms with van der Waals surface area (Å²) >= 11 is 0. The number of aromatic nitrogens is 1. The molecule has 2 heterocycles. The Morgan fingerprint density at radius 3 is 2.60 bits per heavy atom. The van der Waals surface area contributed by atoms with E-state index in [9.17, 15) is 23.6 Å². The molecule has 0 unspecified atom stereocenters. The molecule has 0 radical (unpaired) electrons. The van der Waals surface area contributed by atoms with E-state index in [0.717, 1.165) is 5.56 Å². The topological polar surface area (TPSA) is 110 Å². The van der Waals surface area contributed by atoms with Crippen molar-refractivity contribution in [3.8, 4) is 11.5 Å². The fraction of sp³-hybridized carbons (Fsp3) is 0.290. The van der Waals surface area contributed by atoms with Crippen molar-refractivity contribution in [3.05, 3.63) is 105 Å². The van der Waals surface area contributed by atoms with Crippen molar-refractivity contribution < 1.29 is 28.2 Å². The van der Waals surface area contributed by atoms with Crippen LogP contribution in [0.2, 0.25) is 0 Å². The lowest BCUT2D eigenvalue weighted by atomic mass is 10.2. The molecule has 0 fully saturated rings. The minimum Gasteiger partial charge on any atom is -0.493 e. The molecule has 2 aromatic carbocycles. The van der Waals surface area contributed by atoms with E-state index in [-0.39, 0.29) is 50.2 Å². The van der Waals surface area contributed by atoms with Gasteiger partial charge in [0.05, 0.1) is 6.61 Å². The lowest BCUT2D eigenvalue weighted by Gasteiger charge is -2.37. The molecule has 0 saturated heterocycles. The number of carbonyl (C=O) groups excluding carboxylic acids is 3. The van der Waals surface area contributed by atoms with Crippen molar-refractivity contribution in [1.82, 2.24) is 14.9 Å². The van der Waals surface area contributed by atoms with Crippen LogP contribution < -0.4 is 25.2 Å². The van der Waals surface area contributed by atoms with Crippen molar-refractivity contribution in [2.24, 2.45) is 0 Å². The highest BCUT2D eigenvalue weighted by Gasteiger charge is 2.34. The number of carbonyl (C=O) groups is 3. The number of nitrogens with one attached hydrogen (secondary N) is 1. The Morgan fingerprint density at radius 1 is 1.07 bits per heavy atom. The zero-order valence-electron chi connectivity index (χ0n) is 23.5. The second-order valence-electron chi connectivity index (χ2n) is 9.77. The van der Waals surface area contributed by atoms with Crippen molar-refractivity contribution >= 4 is 18.2 Å². The SMILES string of the molecule is Cc1cn2c(c(OCc3ccccc3)c1=O)C(=O)N(C)CN2C(=O)CC/C=C\CCOc1cc(F)ccc1CNC=O. The smallest absolute Gasteiger partial charge is 0.277 e. The number of fused-ring (bicyclic) bond motifs is 1. The largest absolute Gasteiger partial charge is 0.493 e. The first-order valence-electron chi connectivity index (χ1n) is 13.5. The highest BCUT2D eigenvalue weighted by atomic mass is 19.1. The molecule has 3 aromatic rings. The molecule has 4 rings (SSSR count).